The molecule has 1 unspecified atom stereocenters. The topological polar surface area (TPSA) is 75.5 Å². The highest BCUT2D eigenvalue weighted by Gasteiger charge is 2.19. The summed E-state index contributed by atoms with van der Waals surface area (Å²) in [5.74, 6) is -0.0559. The van der Waals surface area contributed by atoms with Gasteiger partial charge in [-0.3, -0.25) is 4.79 Å². The Kier molecular flexibility index (Phi) is 5.35. The molecule has 0 spiro atoms. The summed E-state index contributed by atoms with van der Waals surface area (Å²) in [6, 6.07) is 1.71. The summed E-state index contributed by atoms with van der Waals surface area (Å²) in [5.41, 5.74) is 0. The van der Waals surface area contributed by atoms with E-state index in [2.05, 4.69) is 9.97 Å². The molecule has 0 aliphatic rings. The molecule has 0 saturated heterocycles. The van der Waals surface area contributed by atoms with Gasteiger partial charge >= 0.3 is 5.97 Å². The third-order valence-electron chi connectivity index (χ3n) is 2.59. The van der Waals surface area contributed by atoms with Gasteiger partial charge in [-0.05, 0) is 20.3 Å². The van der Waals surface area contributed by atoms with Gasteiger partial charge in [0.2, 0.25) is 11.8 Å². The Labute approximate surface area is 107 Å². The van der Waals surface area contributed by atoms with Gasteiger partial charge in [-0.2, -0.15) is 4.98 Å². The number of aromatic nitrogens is 2. The van der Waals surface area contributed by atoms with Crippen LogP contribution in [0.2, 0.25) is 0 Å². The second kappa shape index (κ2) is 6.78. The zero-order chi connectivity index (χ0) is 13.5. The van der Waals surface area contributed by atoms with Gasteiger partial charge in [-0.1, -0.05) is 6.92 Å². The Bertz CT molecular complexity index is 398. The van der Waals surface area contributed by atoms with Crippen molar-refractivity contribution in [3.63, 3.8) is 0 Å². The molecular formula is C12H19N3O3. The summed E-state index contributed by atoms with van der Waals surface area (Å²) in [4.78, 5) is 20.9. The molecule has 0 aromatic carbocycles. The molecule has 1 atom stereocenters. The molecular weight excluding hydrogens is 234 g/mol. The maximum Gasteiger partial charge on any atom is 0.323 e. The van der Waals surface area contributed by atoms with Crippen molar-refractivity contribution in [2.75, 3.05) is 18.1 Å². The van der Waals surface area contributed by atoms with Crippen LogP contribution in [0.4, 0.5) is 5.95 Å². The molecule has 100 valence electrons. The number of nitrogens with zero attached hydrogens (tertiary/aromatic N) is 3. The van der Waals surface area contributed by atoms with Crippen molar-refractivity contribution in [2.45, 2.75) is 33.2 Å². The molecule has 0 amide bonds. The second-order valence-electron chi connectivity index (χ2n) is 3.91. The van der Waals surface area contributed by atoms with Crippen molar-refractivity contribution >= 4 is 11.9 Å². The first kappa shape index (κ1) is 14.2. The van der Waals surface area contributed by atoms with Crippen LogP contribution in [0.15, 0.2) is 12.3 Å². The molecule has 0 radical (unpaired) electrons. The third kappa shape index (κ3) is 3.87. The Hall–Kier alpha value is -1.85. The lowest BCUT2D eigenvalue weighted by molar-refractivity contribution is -0.135. The van der Waals surface area contributed by atoms with Crippen LogP contribution in [0, 0.1) is 0 Å². The molecule has 0 fully saturated rings. The Balaban J connectivity index is 2.96. The van der Waals surface area contributed by atoms with E-state index in [4.69, 9.17) is 9.84 Å². The van der Waals surface area contributed by atoms with E-state index < -0.39 is 5.97 Å². The molecule has 1 rings (SSSR count). The zero-order valence-corrected chi connectivity index (χ0v) is 11.0. The van der Waals surface area contributed by atoms with Crippen LogP contribution in [0.5, 0.6) is 5.88 Å². The van der Waals surface area contributed by atoms with Crippen LogP contribution in [-0.4, -0.2) is 40.2 Å². The summed E-state index contributed by atoms with van der Waals surface area (Å²) in [7, 11) is 0. The first-order valence-corrected chi connectivity index (χ1v) is 6.02. The van der Waals surface area contributed by atoms with E-state index in [0.717, 1.165) is 6.42 Å². The van der Waals surface area contributed by atoms with E-state index in [1.807, 2.05) is 20.8 Å². The van der Waals surface area contributed by atoms with Gasteiger partial charge in [-0.25, -0.2) is 4.98 Å². The van der Waals surface area contributed by atoms with Crippen molar-refractivity contribution in [3.8, 4) is 5.88 Å². The van der Waals surface area contributed by atoms with Crippen LogP contribution in [0.1, 0.15) is 27.2 Å². The second-order valence-corrected chi connectivity index (χ2v) is 3.91. The lowest BCUT2D eigenvalue weighted by Crippen LogP contribution is -2.38. The Morgan fingerprint density at radius 3 is 2.83 bits per heavy atom. The summed E-state index contributed by atoms with van der Waals surface area (Å²) in [5, 5.41) is 8.93. The molecule has 18 heavy (non-hydrogen) atoms. The predicted molar refractivity (Wildman–Crippen MR) is 67.9 cm³/mol. The molecule has 0 aliphatic carbocycles. The number of hydrogen-bond acceptors (Lipinski definition) is 5. The van der Waals surface area contributed by atoms with E-state index in [1.165, 1.54) is 0 Å². The van der Waals surface area contributed by atoms with Gasteiger partial charge in [0, 0.05) is 18.3 Å². The quantitative estimate of drug-likeness (QED) is 0.794. The maximum absolute atomic E-state index is 10.9. The van der Waals surface area contributed by atoms with E-state index in [0.29, 0.717) is 18.4 Å². The molecule has 0 aliphatic heterocycles. The highest BCUT2D eigenvalue weighted by Crippen LogP contribution is 2.16. The van der Waals surface area contributed by atoms with Crippen molar-refractivity contribution in [3.05, 3.63) is 12.3 Å². The molecule has 1 aromatic rings. The minimum absolute atomic E-state index is 0.0537. The molecule has 6 heteroatoms. The number of anilines is 1. The summed E-state index contributed by atoms with van der Waals surface area (Å²) in [6.45, 7) is 6.19. The summed E-state index contributed by atoms with van der Waals surface area (Å²) in [6.07, 6.45) is 2.39. The highest BCUT2D eigenvalue weighted by atomic mass is 16.5. The van der Waals surface area contributed by atoms with Crippen LogP contribution >= 0.6 is 0 Å². The van der Waals surface area contributed by atoms with Gasteiger partial charge in [-0.15, -0.1) is 0 Å². The number of hydrogen-bond donors (Lipinski definition) is 1. The van der Waals surface area contributed by atoms with Gasteiger partial charge < -0.3 is 14.7 Å². The van der Waals surface area contributed by atoms with E-state index in [9.17, 15) is 4.79 Å². The monoisotopic (exact) mass is 253 g/mol. The first-order valence-electron chi connectivity index (χ1n) is 6.02. The Morgan fingerprint density at radius 2 is 2.28 bits per heavy atom. The SMILES string of the molecule is CCOc1ccnc(N(CC(=O)O)C(C)CC)n1. The zero-order valence-electron chi connectivity index (χ0n) is 11.0. The van der Waals surface area contributed by atoms with Crippen molar-refractivity contribution < 1.29 is 14.6 Å². The largest absolute Gasteiger partial charge is 0.480 e. The number of carboxylic acid groups (broad SMARTS) is 1. The first-order chi connectivity index (χ1) is 8.58. The molecule has 0 bridgehead atoms. The minimum atomic E-state index is -0.902. The molecule has 0 saturated carbocycles. The lowest BCUT2D eigenvalue weighted by Gasteiger charge is -2.26. The van der Waals surface area contributed by atoms with Crippen molar-refractivity contribution in [2.24, 2.45) is 0 Å². The van der Waals surface area contributed by atoms with Crippen molar-refractivity contribution in [1.29, 1.82) is 0 Å². The lowest BCUT2D eigenvalue weighted by atomic mass is 10.2. The molecule has 1 N–H and O–H groups in total. The van der Waals surface area contributed by atoms with Gasteiger partial charge in [0.15, 0.2) is 0 Å². The number of ether oxygens (including phenoxy) is 1. The molecule has 1 aromatic heterocycles. The van der Waals surface area contributed by atoms with Gasteiger partial charge in [0.25, 0.3) is 0 Å². The van der Waals surface area contributed by atoms with Crippen LogP contribution < -0.4 is 9.64 Å². The molecule has 1 heterocycles. The fourth-order valence-electron chi connectivity index (χ4n) is 1.49. The smallest absolute Gasteiger partial charge is 0.323 e. The average Bonchev–Trinajstić information content (AvgIpc) is 2.35. The highest BCUT2D eigenvalue weighted by molar-refractivity contribution is 5.72. The fraction of sp³-hybridized carbons (Fsp3) is 0.583. The van der Waals surface area contributed by atoms with Gasteiger partial charge in [0.1, 0.15) is 6.54 Å². The van der Waals surface area contributed by atoms with Crippen molar-refractivity contribution in [1.82, 2.24) is 9.97 Å². The average molecular weight is 253 g/mol. The molecule has 6 nitrogen and oxygen atoms in total. The van der Waals surface area contributed by atoms with E-state index in [-0.39, 0.29) is 12.6 Å². The number of rotatable bonds is 7. The van der Waals surface area contributed by atoms with Crippen LogP contribution in [0.3, 0.4) is 0 Å². The minimum Gasteiger partial charge on any atom is -0.480 e. The summed E-state index contributed by atoms with van der Waals surface area (Å²) < 4.78 is 5.29. The van der Waals surface area contributed by atoms with Crippen LogP contribution in [-0.2, 0) is 4.79 Å². The predicted octanol–water partition coefficient (Wildman–Crippen LogP) is 1.56. The third-order valence-corrected chi connectivity index (χ3v) is 2.59. The maximum atomic E-state index is 10.9. The Morgan fingerprint density at radius 1 is 1.56 bits per heavy atom. The standard InChI is InChI=1S/C12H19N3O3/c1-4-9(3)15(8-11(16)17)12-13-7-6-10(14-12)18-5-2/h6-7,9H,4-5,8H2,1-3H3,(H,16,17). The van der Waals surface area contributed by atoms with E-state index >= 15 is 0 Å². The number of carbonyl (C=O) groups is 1. The number of carboxylic acids is 1. The van der Waals surface area contributed by atoms with Crippen LogP contribution in [0.25, 0.3) is 0 Å². The number of aliphatic carboxylic acids is 1. The normalized spacial score (nSPS) is 11.9. The van der Waals surface area contributed by atoms with Gasteiger partial charge in [0.05, 0.1) is 6.61 Å². The summed E-state index contributed by atoms with van der Waals surface area (Å²) >= 11 is 0. The fourth-order valence-corrected chi connectivity index (χ4v) is 1.49. The van der Waals surface area contributed by atoms with E-state index in [1.54, 1.807) is 17.2 Å².